The molecule has 0 unspecified atom stereocenters. The molecule has 2 N–H and O–H groups in total. The van der Waals surface area contributed by atoms with Gasteiger partial charge in [0, 0.05) is 13.6 Å². The van der Waals surface area contributed by atoms with Crippen LogP contribution in [0.15, 0.2) is 47.1 Å². The molecule has 1 aromatic heterocycles. The Labute approximate surface area is 119 Å². The Kier molecular flexibility index (Phi) is 4.59. The zero-order chi connectivity index (χ0) is 14.6. The van der Waals surface area contributed by atoms with Gasteiger partial charge in [0.2, 0.25) is 10.0 Å². The van der Waals surface area contributed by atoms with Gasteiger partial charge in [-0.1, -0.05) is 24.3 Å². The molecular formula is C14H18N2O3S. The Morgan fingerprint density at radius 1 is 1.15 bits per heavy atom. The van der Waals surface area contributed by atoms with E-state index in [4.69, 9.17) is 10.2 Å². The molecule has 5 nitrogen and oxygen atoms in total. The topological polar surface area (TPSA) is 76.5 Å². The Balaban J connectivity index is 2.14. The quantitative estimate of drug-likeness (QED) is 0.879. The van der Waals surface area contributed by atoms with Crippen LogP contribution >= 0.6 is 0 Å². The van der Waals surface area contributed by atoms with Crippen molar-refractivity contribution < 1.29 is 12.8 Å². The third kappa shape index (κ3) is 3.47. The van der Waals surface area contributed by atoms with E-state index < -0.39 is 10.0 Å². The number of nitrogens with zero attached hydrogens (tertiary/aromatic N) is 1. The molecule has 0 saturated heterocycles. The summed E-state index contributed by atoms with van der Waals surface area (Å²) < 4.78 is 31.1. The van der Waals surface area contributed by atoms with E-state index in [0.717, 1.165) is 11.1 Å². The maximum absolute atomic E-state index is 12.3. The molecule has 0 bridgehead atoms. The lowest BCUT2D eigenvalue weighted by Crippen LogP contribution is -2.28. The van der Waals surface area contributed by atoms with Crippen LogP contribution in [0.3, 0.4) is 0 Å². The van der Waals surface area contributed by atoms with E-state index in [1.165, 1.54) is 10.6 Å². The third-order valence-corrected chi connectivity index (χ3v) is 4.86. The van der Waals surface area contributed by atoms with Gasteiger partial charge in [0.05, 0.1) is 18.6 Å². The van der Waals surface area contributed by atoms with Crippen molar-refractivity contribution >= 4 is 10.0 Å². The van der Waals surface area contributed by atoms with Crippen LogP contribution in [-0.2, 0) is 28.9 Å². The van der Waals surface area contributed by atoms with E-state index in [-0.39, 0.29) is 12.3 Å². The number of furan rings is 1. The van der Waals surface area contributed by atoms with Gasteiger partial charge in [0.1, 0.15) is 5.76 Å². The molecule has 1 heterocycles. The van der Waals surface area contributed by atoms with Gasteiger partial charge in [-0.3, -0.25) is 0 Å². The highest BCUT2D eigenvalue weighted by Gasteiger charge is 2.20. The van der Waals surface area contributed by atoms with E-state index in [0.29, 0.717) is 12.3 Å². The lowest BCUT2D eigenvalue weighted by Gasteiger charge is -2.17. The Morgan fingerprint density at radius 2 is 1.85 bits per heavy atom. The smallest absolute Gasteiger partial charge is 0.218 e. The second kappa shape index (κ2) is 6.21. The lowest BCUT2D eigenvalue weighted by atomic mass is 10.1. The standard InChI is InChI=1S/C14H18N2O3S/c1-16(10-14-7-4-8-19-14)20(17,18)11-13-6-3-2-5-12(13)9-15/h2-8H,9-11,15H2,1H3. The van der Waals surface area contributed by atoms with Crippen molar-refractivity contribution in [3.8, 4) is 0 Å². The molecule has 2 rings (SSSR count). The van der Waals surface area contributed by atoms with Crippen molar-refractivity contribution in [2.45, 2.75) is 18.8 Å². The Hall–Kier alpha value is -1.63. The van der Waals surface area contributed by atoms with Gasteiger partial charge in [0.25, 0.3) is 0 Å². The van der Waals surface area contributed by atoms with Crippen molar-refractivity contribution in [1.82, 2.24) is 4.31 Å². The second-order valence-electron chi connectivity index (χ2n) is 4.56. The average molecular weight is 294 g/mol. The average Bonchev–Trinajstić information content (AvgIpc) is 2.92. The van der Waals surface area contributed by atoms with E-state index in [9.17, 15) is 8.42 Å². The van der Waals surface area contributed by atoms with E-state index in [1.807, 2.05) is 18.2 Å². The molecule has 0 aliphatic rings. The summed E-state index contributed by atoms with van der Waals surface area (Å²) >= 11 is 0. The normalized spacial score (nSPS) is 11.9. The van der Waals surface area contributed by atoms with E-state index >= 15 is 0 Å². The van der Waals surface area contributed by atoms with Gasteiger partial charge in [0.15, 0.2) is 0 Å². The van der Waals surface area contributed by atoms with E-state index in [1.54, 1.807) is 25.2 Å². The van der Waals surface area contributed by atoms with Crippen molar-refractivity contribution in [2.75, 3.05) is 7.05 Å². The maximum atomic E-state index is 12.3. The summed E-state index contributed by atoms with van der Waals surface area (Å²) in [6.45, 7) is 0.549. The predicted molar refractivity (Wildman–Crippen MR) is 77.1 cm³/mol. The molecule has 0 fully saturated rings. The van der Waals surface area contributed by atoms with Crippen molar-refractivity contribution in [2.24, 2.45) is 5.73 Å². The third-order valence-electron chi connectivity index (χ3n) is 3.11. The largest absolute Gasteiger partial charge is 0.468 e. The SMILES string of the molecule is CN(Cc1ccco1)S(=O)(=O)Cc1ccccc1CN. The molecular weight excluding hydrogens is 276 g/mol. The van der Waals surface area contributed by atoms with Crippen LogP contribution in [0, 0.1) is 0 Å². The highest BCUT2D eigenvalue weighted by Crippen LogP contribution is 2.16. The summed E-state index contributed by atoms with van der Waals surface area (Å²) in [6, 6.07) is 10.8. The van der Waals surface area contributed by atoms with Gasteiger partial charge in [-0.2, -0.15) is 4.31 Å². The number of hydrogen-bond donors (Lipinski definition) is 1. The number of benzene rings is 1. The van der Waals surface area contributed by atoms with Crippen molar-refractivity contribution in [3.63, 3.8) is 0 Å². The number of hydrogen-bond acceptors (Lipinski definition) is 4. The fourth-order valence-electron chi connectivity index (χ4n) is 1.92. The molecule has 0 aliphatic heterocycles. The number of sulfonamides is 1. The van der Waals surface area contributed by atoms with Gasteiger partial charge < -0.3 is 10.2 Å². The van der Waals surface area contributed by atoms with Crippen LogP contribution in [0.4, 0.5) is 0 Å². The predicted octanol–water partition coefficient (Wildman–Crippen LogP) is 1.70. The molecule has 0 radical (unpaired) electrons. The molecule has 0 spiro atoms. The van der Waals surface area contributed by atoms with Crippen LogP contribution in [0.5, 0.6) is 0 Å². The lowest BCUT2D eigenvalue weighted by molar-refractivity contribution is 0.406. The summed E-state index contributed by atoms with van der Waals surface area (Å²) in [7, 11) is -1.86. The minimum Gasteiger partial charge on any atom is -0.468 e. The highest BCUT2D eigenvalue weighted by atomic mass is 32.2. The van der Waals surface area contributed by atoms with Crippen LogP contribution in [0.25, 0.3) is 0 Å². The van der Waals surface area contributed by atoms with Crippen LogP contribution in [0.1, 0.15) is 16.9 Å². The minimum atomic E-state index is -3.40. The first-order valence-corrected chi connectivity index (χ1v) is 7.87. The molecule has 6 heteroatoms. The molecule has 20 heavy (non-hydrogen) atoms. The van der Waals surface area contributed by atoms with Crippen LogP contribution in [0.2, 0.25) is 0 Å². The van der Waals surface area contributed by atoms with Crippen molar-refractivity contribution in [3.05, 3.63) is 59.5 Å². The van der Waals surface area contributed by atoms with Gasteiger partial charge in [-0.25, -0.2) is 8.42 Å². The first-order chi connectivity index (χ1) is 9.53. The minimum absolute atomic E-state index is 0.0580. The zero-order valence-electron chi connectivity index (χ0n) is 11.3. The highest BCUT2D eigenvalue weighted by molar-refractivity contribution is 7.88. The Bertz CT molecular complexity index is 651. The second-order valence-corrected chi connectivity index (χ2v) is 6.64. The Morgan fingerprint density at radius 3 is 2.45 bits per heavy atom. The first kappa shape index (κ1) is 14.8. The fourth-order valence-corrected chi connectivity index (χ4v) is 3.14. The van der Waals surface area contributed by atoms with E-state index in [2.05, 4.69) is 0 Å². The number of nitrogens with two attached hydrogens (primary N) is 1. The summed E-state index contributed by atoms with van der Waals surface area (Å²) in [6.07, 6.45) is 1.53. The van der Waals surface area contributed by atoms with Gasteiger partial charge >= 0.3 is 0 Å². The molecule has 2 aromatic rings. The summed E-state index contributed by atoms with van der Waals surface area (Å²) in [5, 5.41) is 0. The van der Waals surface area contributed by atoms with Crippen LogP contribution < -0.4 is 5.73 Å². The molecule has 108 valence electrons. The summed E-state index contributed by atoms with van der Waals surface area (Å²) in [5.74, 6) is 0.556. The van der Waals surface area contributed by atoms with Gasteiger partial charge in [-0.05, 0) is 23.3 Å². The molecule has 0 atom stereocenters. The monoisotopic (exact) mass is 294 g/mol. The number of rotatable bonds is 6. The maximum Gasteiger partial charge on any atom is 0.218 e. The molecule has 0 aliphatic carbocycles. The molecule has 0 amide bonds. The van der Waals surface area contributed by atoms with Crippen molar-refractivity contribution in [1.29, 1.82) is 0 Å². The zero-order valence-corrected chi connectivity index (χ0v) is 12.1. The molecule has 1 aromatic carbocycles. The summed E-state index contributed by atoms with van der Waals surface area (Å²) in [4.78, 5) is 0. The van der Waals surface area contributed by atoms with Gasteiger partial charge in [-0.15, -0.1) is 0 Å². The summed E-state index contributed by atoms with van der Waals surface area (Å²) in [5.41, 5.74) is 7.22. The fraction of sp³-hybridized carbons (Fsp3) is 0.286. The first-order valence-electron chi connectivity index (χ1n) is 6.26. The van der Waals surface area contributed by atoms with Crippen LogP contribution in [-0.4, -0.2) is 19.8 Å². The molecule has 0 saturated carbocycles.